The zero-order valence-electron chi connectivity index (χ0n) is 13.2. The molecule has 1 aliphatic rings. The second-order valence-electron chi connectivity index (χ2n) is 5.89. The molecule has 1 heterocycles. The number of piperidine rings is 1. The Morgan fingerprint density at radius 3 is 2.61 bits per heavy atom. The first-order chi connectivity index (χ1) is 11.0. The molecule has 2 atom stereocenters. The number of benzene rings is 1. The molecule has 2 amide bonds. The highest BCUT2D eigenvalue weighted by atomic mass is 16.4. The second kappa shape index (κ2) is 7.76. The molecule has 23 heavy (non-hydrogen) atoms. The number of carboxylic acids is 1. The highest BCUT2D eigenvalue weighted by molar-refractivity contribution is 5.80. The van der Waals surface area contributed by atoms with Gasteiger partial charge in [0.25, 0.3) is 0 Å². The number of rotatable bonds is 5. The quantitative estimate of drug-likeness (QED) is 0.863. The van der Waals surface area contributed by atoms with Gasteiger partial charge in [0.2, 0.25) is 11.8 Å². The molecule has 0 unspecified atom stereocenters. The van der Waals surface area contributed by atoms with E-state index in [2.05, 4.69) is 5.32 Å². The molecule has 6 nitrogen and oxygen atoms in total. The van der Waals surface area contributed by atoms with Gasteiger partial charge in [-0.1, -0.05) is 30.3 Å². The monoisotopic (exact) mass is 318 g/mol. The zero-order valence-corrected chi connectivity index (χ0v) is 13.2. The van der Waals surface area contributed by atoms with E-state index in [4.69, 9.17) is 5.11 Å². The molecule has 124 valence electrons. The van der Waals surface area contributed by atoms with Crippen LogP contribution in [-0.4, -0.2) is 40.9 Å². The smallest absolute Gasteiger partial charge is 0.308 e. The fourth-order valence-electron chi connectivity index (χ4n) is 2.89. The first-order valence-corrected chi connectivity index (χ1v) is 7.80. The molecule has 0 aromatic heterocycles. The van der Waals surface area contributed by atoms with E-state index in [0.717, 1.165) is 5.56 Å². The zero-order chi connectivity index (χ0) is 16.8. The number of carbonyl (C=O) groups is 3. The minimum Gasteiger partial charge on any atom is -0.481 e. The third-order valence-electron chi connectivity index (χ3n) is 4.08. The largest absolute Gasteiger partial charge is 0.481 e. The number of carbonyl (C=O) groups excluding carboxylic acids is 2. The van der Waals surface area contributed by atoms with Gasteiger partial charge in [-0.2, -0.15) is 0 Å². The molecule has 1 fully saturated rings. The molecule has 6 heteroatoms. The van der Waals surface area contributed by atoms with Gasteiger partial charge in [-0.05, 0) is 18.4 Å². The molecule has 1 aromatic carbocycles. The van der Waals surface area contributed by atoms with E-state index in [9.17, 15) is 14.4 Å². The van der Waals surface area contributed by atoms with Crippen LogP contribution in [0, 0.1) is 5.92 Å². The van der Waals surface area contributed by atoms with Crippen molar-refractivity contribution < 1.29 is 19.5 Å². The summed E-state index contributed by atoms with van der Waals surface area (Å²) in [5, 5.41) is 11.9. The van der Waals surface area contributed by atoms with Crippen LogP contribution in [0.15, 0.2) is 30.3 Å². The maximum absolute atomic E-state index is 12.5. The van der Waals surface area contributed by atoms with Gasteiger partial charge < -0.3 is 15.3 Å². The van der Waals surface area contributed by atoms with Gasteiger partial charge in [0.05, 0.1) is 18.4 Å². The number of nitrogens with zero attached hydrogens (tertiary/aromatic N) is 1. The van der Waals surface area contributed by atoms with Crippen molar-refractivity contribution in [3.63, 3.8) is 0 Å². The number of amides is 2. The van der Waals surface area contributed by atoms with E-state index in [1.54, 1.807) is 4.90 Å². The predicted molar refractivity (Wildman–Crippen MR) is 84.6 cm³/mol. The van der Waals surface area contributed by atoms with Crippen molar-refractivity contribution in [3.05, 3.63) is 35.9 Å². The van der Waals surface area contributed by atoms with Gasteiger partial charge >= 0.3 is 5.97 Å². The van der Waals surface area contributed by atoms with Gasteiger partial charge in [-0.15, -0.1) is 0 Å². The number of aliphatic carboxylic acids is 1. The molecule has 1 saturated heterocycles. The molecule has 2 N–H and O–H groups in total. The Hall–Kier alpha value is -2.37. The molecular weight excluding hydrogens is 296 g/mol. The van der Waals surface area contributed by atoms with E-state index in [1.165, 1.54) is 6.92 Å². The molecule has 0 spiro atoms. The number of nitrogens with one attached hydrogen (secondary N) is 1. The van der Waals surface area contributed by atoms with E-state index in [-0.39, 0.29) is 24.8 Å². The first-order valence-electron chi connectivity index (χ1n) is 7.80. The number of carboxylic acid groups (broad SMARTS) is 1. The summed E-state index contributed by atoms with van der Waals surface area (Å²) in [4.78, 5) is 36.6. The van der Waals surface area contributed by atoms with Crippen molar-refractivity contribution in [1.29, 1.82) is 0 Å². The summed E-state index contributed by atoms with van der Waals surface area (Å²) in [7, 11) is 0. The third kappa shape index (κ3) is 4.81. The summed E-state index contributed by atoms with van der Waals surface area (Å²) in [6, 6.07) is 8.92. The highest BCUT2D eigenvalue weighted by Crippen LogP contribution is 2.22. The molecule has 0 radical (unpaired) electrons. The number of hydrogen-bond donors (Lipinski definition) is 2. The molecule has 0 bridgehead atoms. The summed E-state index contributed by atoms with van der Waals surface area (Å²) in [6.45, 7) is 2.24. The Kier molecular flexibility index (Phi) is 5.73. The minimum absolute atomic E-state index is 0.126. The Bertz CT molecular complexity index is 573. The van der Waals surface area contributed by atoms with Crippen molar-refractivity contribution in [3.8, 4) is 0 Å². The average molecular weight is 318 g/mol. The summed E-state index contributed by atoms with van der Waals surface area (Å²) in [5.74, 6) is -1.68. The van der Waals surface area contributed by atoms with E-state index >= 15 is 0 Å². The Morgan fingerprint density at radius 1 is 1.30 bits per heavy atom. The maximum atomic E-state index is 12.5. The Morgan fingerprint density at radius 2 is 2.00 bits per heavy atom. The summed E-state index contributed by atoms with van der Waals surface area (Å²) < 4.78 is 0. The van der Waals surface area contributed by atoms with Crippen LogP contribution in [0.2, 0.25) is 0 Å². The second-order valence-corrected chi connectivity index (χ2v) is 5.89. The fourth-order valence-corrected chi connectivity index (χ4v) is 2.89. The fraction of sp³-hybridized carbons (Fsp3) is 0.471. The van der Waals surface area contributed by atoms with Gasteiger partial charge in [0.1, 0.15) is 0 Å². The number of hydrogen-bond acceptors (Lipinski definition) is 3. The van der Waals surface area contributed by atoms with Crippen molar-refractivity contribution in [1.82, 2.24) is 10.2 Å². The molecular formula is C17H22N2O4. The van der Waals surface area contributed by atoms with Crippen LogP contribution >= 0.6 is 0 Å². The molecule has 0 aliphatic carbocycles. The lowest BCUT2D eigenvalue weighted by Crippen LogP contribution is -2.43. The van der Waals surface area contributed by atoms with E-state index in [0.29, 0.717) is 19.4 Å². The minimum atomic E-state index is -0.857. The summed E-state index contributed by atoms with van der Waals surface area (Å²) in [6.07, 6.45) is 1.43. The summed E-state index contributed by atoms with van der Waals surface area (Å²) in [5.41, 5.74) is 0.864. The van der Waals surface area contributed by atoms with Crippen molar-refractivity contribution in [2.75, 3.05) is 13.1 Å². The van der Waals surface area contributed by atoms with Crippen LogP contribution in [0.4, 0.5) is 0 Å². The lowest BCUT2D eigenvalue weighted by Gasteiger charge is -2.32. The van der Waals surface area contributed by atoms with Crippen LogP contribution in [0.3, 0.4) is 0 Å². The molecule has 1 aromatic rings. The number of likely N-dealkylation sites (tertiary alicyclic amines) is 1. The normalized spacial score (nSPS) is 19.0. The first kappa shape index (κ1) is 17.0. The van der Waals surface area contributed by atoms with E-state index < -0.39 is 17.9 Å². The lowest BCUT2D eigenvalue weighted by atomic mass is 9.97. The summed E-state index contributed by atoms with van der Waals surface area (Å²) >= 11 is 0. The molecule has 2 rings (SSSR count). The van der Waals surface area contributed by atoms with Crippen LogP contribution in [0.1, 0.15) is 37.8 Å². The van der Waals surface area contributed by atoms with Crippen LogP contribution in [0.5, 0.6) is 0 Å². The maximum Gasteiger partial charge on any atom is 0.308 e. The van der Waals surface area contributed by atoms with Gasteiger partial charge in [0, 0.05) is 20.0 Å². The predicted octanol–water partition coefficient (Wildman–Crippen LogP) is 1.58. The molecule has 1 aliphatic heterocycles. The van der Waals surface area contributed by atoms with Gasteiger partial charge in [-0.25, -0.2) is 0 Å². The lowest BCUT2D eigenvalue weighted by molar-refractivity contribution is -0.145. The van der Waals surface area contributed by atoms with Crippen molar-refractivity contribution in [2.24, 2.45) is 5.92 Å². The average Bonchev–Trinajstić information content (AvgIpc) is 2.54. The van der Waals surface area contributed by atoms with Crippen LogP contribution in [-0.2, 0) is 14.4 Å². The van der Waals surface area contributed by atoms with Crippen molar-refractivity contribution >= 4 is 17.8 Å². The van der Waals surface area contributed by atoms with Crippen LogP contribution < -0.4 is 5.32 Å². The van der Waals surface area contributed by atoms with Crippen molar-refractivity contribution in [2.45, 2.75) is 32.2 Å². The molecule has 0 saturated carbocycles. The van der Waals surface area contributed by atoms with Gasteiger partial charge in [-0.3, -0.25) is 14.4 Å². The highest BCUT2D eigenvalue weighted by Gasteiger charge is 2.29. The Balaban J connectivity index is 2.05. The topological polar surface area (TPSA) is 86.7 Å². The third-order valence-corrected chi connectivity index (χ3v) is 4.08. The van der Waals surface area contributed by atoms with E-state index in [1.807, 2.05) is 30.3 Å². The Labute approximate surface area is 135 Å². The standard InChI is InChI=1S/C17H22N2O4/c1-12(20)18-15(13-6-3-2-4-7-13)10-16(21)19-9-5-8-14(11-19)17(22)23/h2-4,6-7,14-15H,5,8-11H2,1H3,(H,18,20)(H,22,23)/t14-,15+/m1/s1. The van der Waals surface area contributed by atoms with Gasteiger partial charge in [0.15, 0.2) is 0 Å². The SMILES string of the molecule is CC(=O)N[C@@H](CC(=O)N1CCC[C@@H](C(=O)O)C1)c1ccccc1. The van der Waals surface area contributed by atoms with Crippen LogP contribution in [0.25, 0.3) is 0 Å².